The Bertz CT molecular complexity index is 153. The summed E-state index contributed by atoms with van der Waals surface area (Å²) >= 11 is 0. The number of hydrogen-bond donors (Lipinski definition) is 1. The first kappa shape index (κ1) is 10.5. The first-order valence-corrected chi connectivity index (χ1v) is 5.19. The van der Waals surface area contributed by atoms with Crippen LogP contribution in [-0.4, -0.2) is 25.7 Å². The molecule has 0 aromatic rings. The summed E-state index contributed by atoms with van der Waals surface area (Å²) in [5, 5.41) is 3.35. The van der Waals surface area contributed by atoms with Crippen LogP contribution < -0.4 is 5.32 Å². The van der Waals surface area contributed by atoms with Gasteiger partial charge in [-0.05, 0) is 38.3 Å². The van der Waals surface area contributed by atoms with E-state index in [4.69, 9.17) is 4.74 Å². The lowest BCUT2D eigenvalue weighted by Crippen LogP contribution is -2.30. The highest BCUT2D eigenvalue weighted by Gasteiger charge is 2.12. The van der Waals surface area contributed by atoms with Gasteiger partial charge in [0.2, 0.25) is 0 Å². The Balaban J connectivity index is 2.01. The van der Waals surface area contributed by atoms with Crippen molar-refractivity contribution in [3.63, 3.8) is 0 Å². The number of rotatable bonds is 4. The molecule has 1 saturated heterocycles. The van der Waals surface area contributed by atoms with Gasteiger partial charge < -0.3 is 10.1 Å². The molecule has 1 heterocycles. The molecule has 3 heteroatoms. The second-order valence-corrected chi connectivity index (χ2v) is 3.58. The first-order valence-electron chi connectivity index (χ1n) is 5.19. The topological polar surface area (TPSA) is 38.3 Å². The van der Waals surface area contributed by atoms with E-state index in [1.54, 1.807) is 0 Å². The maximum absolute atomic E-state index is 10.8. The molecule has 0 unspecified atom stereocenters. The second-order valence-electron chi connectivity index (χ2n) is 3.58. The smallest absolute Gasteiger partial charge is 0.305 e. The maximum atomic E-state index is 10.8. The van der Waals surface area contributed by atoms with E-state index in [1.165, 1.54) is 12.8 Å². The third-order valence-corrected chi connectivity index (χ3v) is 2.48. The van der Waals surface area contributed by atoms with Crippen molar-refractivity contribution in [2.75, 3.05) is 19.7 Å². The lowest BCUT2D eigenvalue weighted by Gasteiger charge is -2.22. The summed E-state index contributed by atoms with van der Waals surface area (Å²) in [5.74, 6) is 0.627. The average Bonchev–Trinajstić information content (AvgIpc) is 2.19. The van der Waals surface area contributed by atoms with Gasteiger partial charge in [-0.1, -0.05) is 6.92 Å². The molecule has 0 spiro atoms. The highest BCUT2D eigenvalue weighted by Crippen LogP contribution is 2.13. The van der Waals surface area contributed by atoms with E-state index in [2.05, 4.69) is 5.32 Å². The highest BCUT2D eigenvalue weighted by molar-refractivity contribution is 5.68. The van der Waals surface area contributed by atoms with Crippen LogP contribution in [-0.2, 0) is 9.53 Å². The SMILES string of the molecule is CCC(=O)OCC[C@H]1CCCNC1. The predicted molar refractivity (Wildman–Crippen MR) is 51.5 cm³/mol. The Labute approximate surface area is 79.8 Å². The van der Waals surface area contributed by atoms with Gasteiger partial charge in [0, 0.05) is 6.42 Å². The van der Waals surface area contributed by atoms with Crippen molar-refractivity contribution >= 4 is 5.97 Å². The number of carbonyl (C=O) groups excluding carboxylic acids is 1. The molecule has 1 aliphatic heterocycles. The van der Waals surface area contributed by atoms with Gasteiger partial charge in [-0.15, -0.1) is 0 Å². The molecule has 0 bridgehead atoms. The third-order valence-electron chi connectivity index (χ3n) is 2.48. The van der Waals surface area contributed by atoms with E-state index in [0.29, 0.717) is 18.9 Å². The molecule has 76 valence electrons. The van der Waals surface area contributed by atoms with E-state index >= 15 is 0 Å². The van der Waals surface area contributed by atoms with Crippen molar-refractivity contribution in [3.05, 3.63) is 0 Å². The fraction of sp³-hybridized carbons (Fsp3) is 0.900. The number of ether oxygens (including phenoxy) is 1. The van der Waals surface area contributed by atoms with Crippen LogP contribution in [0.4, 0.5) is 0 Å². The zero-order valence-electron chi connectivity index (χ0n) is 8.34. The van der Waals surface area contributed by atoms with Crippen molar-refractivity contribution in [2.24, 2.45) is 5.92 Å². The second kappa shape index (κ2) is 5.97. The summed E-state index contributed by atoms with van der Waals surface area (Å²) in [6.45, 7) is 4.65. The van der Waals surface area contributed by atoms with Crippen LogP contribution >= 0.6 is 0 Å². The van der Waals surface area contributed by atoms with Crippen LogP contribution in [0.5, 0.6) is 0 Å². The molecular formula is C10H19NO2. The number of piperidine rings is 1. The number of carbonyl (C=O) groups is 1. The van der Waals surface area contributed by atoms with Gasteiger partial charge >= 0.3 is 5.97 Å². The van der Waals surface area contributed by atoms with Gasteiger partial charge in [-0.3, -0.25) is 4.79 Å². The van der Waals surface area contributed by atoms with Gasteiger partial charge in [-0.2, -0.15) is 0 Å². The largest absolute Gasteiger partial charge is 0.466 e. The third kappa shape index (κ3) is 4.27. The molecule has 0 aromatic heterocycles. The van der Waals surface area contributed by atoms with Crippen LogP contribution in [0.1, 0.15) is 32.6 Å². The monoisotopic (exact) mass is 185 g/mol. The van der Waals surface area contributed by atoms with E-state index < -0.39 is 0 Å². The molecule has 0 aliphatic carbocycles. The van der Waals surface area contributed by atoms with Crippen molar-refractivity contribution < 1.29 is 9.53 Å². The minimum Gasteiger partial charge on any atom is -0.466 e. The van der Waals surface area contributed by atoms with Crippen LogP contribution in [0.25, 0.3) is 0 Å². The van der Waals surface area contributed by atoms with Gasteiger partial charge in [0.05, 0.1) is 6.61 Å². The molecule has 1 fully saturated rings. The highest BCUT2D eigenvalue weighted by atomic mass is 16.5. The van der Waals surface area contributed by atoms with Crippen LogP contribution in [0.15, 0.2) is 0 Å². The van der Waals surface area contributed by atoms with Crippen LogP contribution in [0.2, 0.25) is 0 Å². The molecule has 1 N–H and O–H groups in total. The normalized spacial score (nSPS) is 22.7. The Morgan fingerprint density at radius 1 is 1.62 bits per heavy atom. The van der Waals surface area contributed by atoms with Crippen LogP contribution in [0.3, 0.4) is 0 Å². The van der Waals surface area contributed by atoms with Gasteiger partial charge in [0.25, 0.3) is 0 Å². The molecule has 1 atom stereocenters. The first-order chi connectivity index (χ1) is 6.33. The maximum Gasteiger partial charge on any atom is 0.305 e. The average molecular weight is 185 g/mol. The molecule has 1 aliphatic rings. The quantitative estimate of drug-likeness (QED) is 0.671. The summed E-state index contributed by atoms with van der Waals surface area (Å²) in [4.78, 5) is 10.8. The summed E-state index contributed by atoms with van der Waals surface area (Å²) in [5.41, 5.74) is 0. The molecular weight excluding hydrogens is 166 g/mol. The zero-order valence-corrected chi connectivity index (χ0v) is 8.34. The van der Waals surface area contributed by atoms with Gasteiger partial charge in [-0.25, -0.2) is 0 Å². The van der Waals surface area contributed by atoms with Crippen molar-refractivity contribution in [2.45, 2.75) is 32.6 Å². The van der Waals surface area contributed by atoms with Crippen molar-refractivity contribution in [3.8, 4) is 0 Å². The lowest BCUT2D eigenvalue weighted by atomic mass is 9.97. The molecule has 3 nitrogen and oxygen atoms in total. The molecule has 0 amide bonds. The predicted octanol–water partition coefficient (Wildman–Crippen LogP) is 1.33. The van der Waals surface area contributed by atoms with Gasteiger partial charge in [0.1, 0.15) is 0 Å². The number of hydrogen-bond acceptors (Lipinski definition) is 3. The Morgan fingerprint density at radius 3 is 3.08 bits per heavy atom. The van der Waals surface area contributed by atoms with E-state index in [9.17, 15) is 4.79 Å². The fourth-order valence-electron chi connectivity index (χ4n) is 1.61. The van der Waals surface area contributed by atoms with E-state index in [0.717, 1.165) is 19.5 Å². The molecule has 0 aromatic carbocycles. The zero-order chi connectivity index (χ0) is 9.52. The van der Waals surface area contributed by atoms with Gasteiger partial charge in [0.15, 0.2) is 0 Å². The van der Waals surface area contributed by atoms with E-state index in [-0.39, 0.29) is 5.97 Å². The Kier molecular flexibility index (Phi) is 4.83. The summed E-state index contributed by atoms with van der Waals surface area (Å²) in [6, 6.07) is 0. The molecule has 0 saturated carbocycles. The van der Waals surface area contributed by atoms with Crippen LogP contribution in [0, 0.1) is 5.92 Å². The lowest BCUT2D eigenvalue weighted by molar-refractivity contribution is -0.143. The van der Waals surface area contributed by atoms with E-state index in [1.807, 2.05) is 6.92 Å². The molecule has 1 rings (SSSR count). The minimum atomic E-state index is -0.0798. The standard InChI is InChI=1S/C10H19NO2/c1-2-10(12)13-7-5-9-4-3-6-11-8-9/h9,11H,2-8H2,1H3/t9-/m1/s1. The Morgan fingerprint density at radius 2 is 2.46 bits per heavy atom. The van der Waals surface area contributed by atoms with Crippen molar-refractivity contribution in [1.29, 1.82) is 0 Å². The molecule has 13 heavy (non-hydrogen) atoms. The summed E-state index contributed by atoms with van der Waals surface area (Å²) in [7, 11) is 0. The van der Waals surface area contributed by atoms with Crippen molar-refractivity contribution in [1.82, 2.24) is 5.32 Å². The Hall–Kier alpha value is -0.570. The fourth-order valence-corrected chi connectivity index (χ4v) is 1.61. The number of esters is 1. The molecule has 0 radical (unpaired) electrons. The summed E-state index contributed by atoms with van der Waals surface area (Å²) < 4.78 is 5.03. The summed E-state index contributed by atoms with van der Waals surface area (Å²) in [6.07, 6.45) is 4.03. The minimum absolute atomic E-state index is 0.0798. The number of nitrogens with one attached hydrogen (secondary N) is 1.